The number of rotatable bonds is 2. The van der Waals surface area contributed by atoms with Gasteiger partial charge in [-0.05, 0) is 0 Å². The largest absolute Gasteiger partial charge is 0.573 e. The average Bonchev–Trinajstić information content (AvgIpc) is 2.18. The van der Waals surface area contributed by atoms with E-state index >= 15 is 0 Å². The van der Waals surface area contributed by atoms with Gasteiger partial charge in [-0.3, -0.25) is 4.79 Å². The minimum absolute atomic E-state index is 0.453. The predicted octanol–water partition coefficient (Wildman–Crippen LogP) is 0.533. The highest BCUT2D eigenvalue weighted by molar-refractivity contribution is 5.94. The third-order valence-corrected chi connectivity index (χ3v) is 1.59. The van der Waals surface area contributed by atoms with E-state index in [1.165, 1.54) is 6.07 Å². The monoisotopic (exact) mass is 246 g/mol. The van der Waals surface area contributed by atoms with Crippen molar-refractivity contribution in [3.05, 3.63) is 17.3 Å². The second-order valence-electron chi connectivity index (χ2n) is 2.79. The number of hydrogen-bond acceptors (Lipinski definition) is 5. The summed E-state index contributed by atoms with van der Waals surface area (Å²) in [6.07, 6.45) is -4.98. The number of nitriles is 1. The van der Waals surface area contributed by atoms with Crippen LogP contribution in [0.15, 0.2) is 6.07 Å². The summed E-state index contributed by atoms with van der Waals surface area (Å²) in [4.78, 5) is 14.1. The molecule has 0 aliphatic carbocycles. The van der Waals surface area contributed by atoms with Crippen LogP contribution in [0.4, 0.5) is 19.0 Å². The van der Waals surface area contributed by atoms with E-state index in [0.29, 0.717) is 6.07 Å². The highest BCUT2D eigenvalue weighted by Crippen LogP contribution is 2.28. The van der Waals surface area contributed by atoms with Crippen LogP contribution in [-0.2, 0) is 0 Å². The fraction of sp³-hybridized carbons (Fsp3) is 0.125. The van der Waals surface area contributed by atoms with E-state index in [0.717, 1.165) is 0 Å². The van der Waals surface area contributed by atoms with Crippen LogP contribution in [0.1, 0.15) is 16.1 Å². The Morgan fingerprint density at radius 2 is 2.12 bits per heavy atom. The zero-order valence-corrected chi connectivity index (χ0v) is 8.08. The smallest absolute Gasteiger partial charge is 0.402 e. The lowest BCUT2D eigenvalue weighted by Gasteiger charge is -2.11. The summed E-state index contributed by atoms with van der Waals surface area (Å²) in [7, 11) is 0. The van der Waals surface area contributed by atoms with Crippen LogP contribution in [0.25, 0.3) is 0 Å². The molecule has 6 nitrogen and oxygen atoms in total. The van der Waals surface area contributed by atoms with Gasteiger partial charge in [0.2, 0.25) is 0 Å². The maximum Gasteiger partial charge on any atom is 0.573 e. The molecule has 90 valence electrons. The summed E-state index contributed by atoms with van der Waals surface area (Å²) >= 11 is 0. The van der Waals surface area contributed by atoms with E-state index in [-0.39, 0.29) is 0 Å². The number of nitrogen functional groups attached to an aromatic ring is 1. The third-order valence-electron chi connectivity index (χ3n) is 1.59. The van der Waals surface area contributed by atoms with Gasteiger partial charge < -0.3 is 16.2 Å². The lowest BCUT2D eigenvalue weighted by Crippen LogP contribution is -2.21. The van der Waals surface area contributed by atoms with Gasteiger partial charge in [0.15, 0.2) is 11.6 Å². The Morgan fingerprint density at radius 1 is 1.53 bits per heavy atom. The number of ether oxygens (including phenoxy) is 1. The van der Waals surface area contributed by atoms with Crippen LogP contribution in [-0.4, -0.2) is 17.3 Å². The fourth-order valence-electron chi connectivity index (χ4n) is 0.989. The van der Waals surface area contributed by atoms with Gasteiger partial charge in [0, 0.05) is 6.07 Å². The number of pyridine rings is 1. The summed E-state index contributed by atoms with van der Waals surface area (Å²) in [5.41, 5.74) is 9.03. The molecule has 0 spiro atoms. The number of carbonyl (C=O) groups is 1. The maximum atomic E-state index is 11.9. The molecule has 0 unspecified atom stereocenters. The molecule has 17 heavy (non-hydrogen) atoms. The maximum absolute atomic E-state index is 11.9. The number of carbonyl (C=O) groups excluding carboxylic acids is 1. The molecular weight excluding hydrogens is 241 g/mol. The first-order valence-electron chi connectivity index (χ1n) is 4.00. The number of primary amides is 1. The normalized spacial score (nSPS) is 10.7. The molecule has 0 atom stereocenters. The molecule has 4 N–H and O–H groups in total. The van der Waals surface area contributed by atoms with Crippen molar-refractivity contribution < 1.29 is 22.7 Å². The minimum atomic E-state index is -4.98. The van der Waals surface area contributed by atoms with Crippen molar-refractivity contribution in [1.29, 1.82) is 5.26 Å². The van der Waals surface area contributed by atoms with Crippen molar-refractivity contribution in [2.24, 2.45) is 5.73 Å². The predicted molar refractivity (Wildman–Crippen MR) is 48.6 cm³/mol. The van der Waals surface area contributed by atoms with Crippen molar-refractivity contribution in [1.82, 2.24) is 4.98 Å². The Balaban J connectivity index is 3.29. The first-order valence-corrected chi connectivity index (χ1v) is 4.00. The van der Waals surface area contributed by atoms with Crippen LogP contribution >= 0.6 is 0 Å². The Kier molecular flexibility index (Phi) is 3.08. The van der Waals surface area contributed by atoms with E-state index in [4.69, 9.17) is 16.7 Å². The van der Waals surface area contributed by atoms with E-state index in [9.17, 15) is 18.0 Å². The number of amides is 1. The first-order chi connectivity index (χ1) is 7.74. The third kappa shape index (κ3) is 2.97. The average molecular weight is 246 g/mol. The molecule has 1 amide bonds. The van der Waals surface area contributed by atoms with Crippen molar-refractivity contribution in [2.75, 3.05) is 5.73 Å². The summed E-state index contributed by atoms with van der Waals surface area (Å²) in [5, 5.41) is 8.61. The van der Waals surface area contributed by atoms with Gasteiger partial charge in [-0.1, -0.05) is 0 Å². The van der Waals surface area contributed by atoms with Gasteiger partial charge in [0.05, 0.1) is 5.56 Å². The Morgan fingerprint density at radius 3 is 2.53 bits per heavy atom. The number of hydrogen-bond donors (Lipinski definition) is 2. The molecule has 1 aromatic heterocycles. The number of alkyl halides is 3. The molecule has 0 aliphatic heterocycles. The molecule has 0 radical (unpaired) electrons. The number of nitrogens with zero attached hydrogens (tertiary/aromatic N) is 2. The van der Waals surface area contributed by atoms with Crippen LogP contribution < -0.4 is 16.2 Å². The first kappa shape index (κ1) is 12.6. The molecule has 0 aromatic carbocycles. The highest BCUT2D eigenvalue weighted by atomic mass is 19.4. The summed E-state index contributed by atoms with van der Waals surface area (Å²) in [6.45, 7) is 0. The van der Waals surface area contributed by atoms with Crippen molar-refractivity contribution in [3.8, 4) is 11.8 Å². The minimum Gasteiger partial charge on any atom is -0.402 e. The highest BCUT2D eigenvalue weighted by Gasteiger charge is 2.33. The van der Waals surface area contributed by atoms with E-state index in [2.05, 4.69) is 9.72 Å². The topological polar surface area (TPSA) is 115 Å². The van der Waals surface area contributed by atoms with Crippen molar-refractivity contribution in [3.63, 3.8) is 0 Å². The van der Waals surface area contributed by atoms with E-state index < -0.39 is 35.1 Å². The van der Waals surface area contributed by atoms with Gasteiger partial charge in [0.1, 0.15) is 11.8 Å². The fourth-order valence-corrected chi connectivity index (χ4v) is 0.989. The van der Waals surface area contributed by atoms with Gasteiger partial charge in [-0.2, -0.15) is 5.26 Å². The summed E-state index contributed by atoms with van der Waals surface area (Å²) in [5.74, 6) is -2.62. The Labute approximate surface area is 92.6 Å². The van der Waals surface area contributed by atoms with Crippen molar-refractivity contribution >= 4 is 11.7 Å². The Bertz CT molecular complexity index is 507. The van der Waals surface area contributed by atoms with E-state index in [1.54, 1.807) is 0 Å². The standard InChI is InChI=1S/C8H5F3N4O2/c9-8(10,11)17-4-1-3(2-12)5(7(14)16)15-6(4)13/h1H,(H2,13,15)(H2,14,16). The molecule has 1 heterocycles. The Hall–Kier alpha value is -2.50. The second kappa shape index (κ2) is 4.17. The lowest BCUT2D eigenvalue weighted by molar-refractivity contribution is -0.274. The number of nitrogens with two attached hydrogens (primary N) is 2. The van der Waals surface area contributed by atoms with Crippen LogP contribution in [0.2, 0.25) is 0 Å². The molecule has 0 aliphatic rings. The molecule has 1 rings (SSSR count). The van der Waals surface area contributed by atoms with Gasteiger partial charge in [-0.15, -0.1) is 13.2 Å². The molecule has 1 aromatic rings. The molecule has 0 fully saturated rings. The lowest BCUT2D eigenvalue weighted by atomic mass is 10.2. The SMILES string of the molecule is N#Cc1cc(OC(F)(F)F)c(N)nc1C(N)=O. The van der Waals surface area contributed by atoms with Crippen LogP contribution in [0, 0.1) is 11.3 Å². The molecule has 0 saturated heterocycles. The van der Waals surface area contributed by atoms with Crippen LogP contribution in [0.3, 0.4) is 0 Å². The van der Waals surface area contributed by atoms with E-state index in [1.807, 2.05) is 0 Å². The summed E-state index contributed by atoms with van der Waals surface area (Å²) in [6, 6.07) is 2.11. The molecule has 0 bridgehead atoms. The molecular formula is C8H5F3N4O2. The zero-order valence-electron chi connectivity index (χ0n) is 8.08. The molecule has 9 heteroatoms. The zero-order chi connectivity index (χ0) is 13.2. The van der Waals surface area contributed by atoms with Gasteiger partial charge in [0.25, 0.3) is 5.91 Å². The van der Waals surface area contributed by atoms with Crippen LogP contribution in [0.5, 0.6) is 5.75 Å². The van der Waals surface area contributed by atoms with Gasteiger partial charge >= 0.3 is 6.36 Å². The number of anilines is 1. The van der Waals surface area contributed by atoms with Crippen molar-refractivity contribution in [2.45, 2.75) is 6.36 Å². The number of aromatic nitrogens is 1. The summed E-state index contributed by atoms with van der Waals surface area (Å²) < 4.78 is 39.3. The number of halogens is 3. The van der Waals surface area contributed by atoms with Gasteiger partial charge in [-0.25, -0.2) is 4.98 Å². The molecule has 0 saturated carbocycles. The second-order valence-corrected chi connectivity index (χ2v) is 2.79. The quantitative estimate of drug-likeness (QED) is 0.789.